The Bertz CT molecular complexity index is 694. The Morgan fingerprint density at radius 2 is 1.62 bits per heavy atom. The van der Waals surface area contributed by atoms with Crippen molar-refractivity contribution >= 4 is 11.9 Å². The number of aliphatic carboxylic acids is 1. The summed E-state index contributed by atoms with van der Waals surface area (Å²) in [5.41, 5.74) is 1.48. The van der Waals surface area contributed by atoms with Crippen LogP contribution in [0.1, 0.15) is 11.1 Å². The number of carbonyl (C=O) groups excluding carboxylic acids is 1. The molecule has 6 heteroatoms. The molecule has 0 saturated carbocycles. The van der Waals surface area contributed by atoms with Gasteiger partial charge in [-0.15, -0.1) is 0 Å². The number of methoxy groups -OCH3 is 1. The van der Waals surface area contributed by atoms with E-state index in [1.54, 1.807) is 43.5 Å². The highest BCUT2D eigenvalue weighted by Gasteiger charge is 2.20. The predicted octanol–water partition coefficient (Wildman–Crippen LogP) is 1.76. The van der Waals surface area contributed by atoms with Crippen molar-refractivity contribution in [3.05, 3.63) is 59.7 Å². The van der Waals surface area contributed by atoms with Gasteiger partial charge in [0.2, 0.25) is 5.91 Å². The van der Waals surface area contributed by atoms with Crippen LogP contribution in [0.4, 0.5) is 0 Å². The number of rotatable bonds is 7. The van der Waals surface area contributed by atoms with Gasteiger partial charge < -0.3 is 20.3 Å². The number of carboxylic acids is 1. The standard InChI is InChI=1S/C18H19NO5/c1-24-15-8-4-13(5-9-15)11-17(21)19-16(18(22)23)10-12-2-6-14(20)7-3-12/h2-9,16,20H,10-11H2,1H3,(H,19,21)(H,22,23). The Morgan fingerprint density at radius 1 is 1.04 bits per heavy atom. The van der Waals surface area contributed by atoms with E-state index in [0.29, 0.717) is 11.3 Å². The van der Waals surface area contributed by atoms with Gasteiger partial charge in [0.05, 0.1) is 13.5 Å². The van der Waals surface area contributed by atoms with Crippen LogP contribution in [-0.4, -0.2) is 35.2 Å². The van der Waals surface area contributed by atoms with Gasteiger partial charge >= 0.3 is 5.97 Å². The first-order valence-electron chi connectivity index (χ1n) is 7.41. The van der Waals surface area contributed by atoms with Gasteiger partial charge in [0.1, 0.15) is 17.5 Å². The summed E-state index contributed by atoms with van der Waals surface area (Å²) in [4.78, 5) is 23.4. The maximum absolute atomic E-state index is 12.1. The van der Waals surface area contributed by atoms with E-state index in [2.05, 4.69) is 5.32 Å². The minimum absolute atomic E-state index is 0.0867. The SMILES string of the molecule is COc1ccc(CC(=O)NC(Cc2ccc(O)cc2)C(=O)O)cc1. The van der Waals surface area contributed by atoms with Crippen LogP contribution in [0, 0.1) is 0 Å². The van der Waals surface area contributed by atoms with Crippen molar-refractivity contribution in [2.75, 3.05) is 7.11 Å². The van der Waals surface area contributed by atoms with Crippen LogP contribution in [-0.2, 0) is 22.4 Å². The molecule has 0 aliphatic carbocycles. The first kappa shape index (κ1) is 17.3. The van der Waals surface area contributed by atoms with Crippen LogP contribution in [0.15, 0.2) is 48.5 Å². The van der Waals surface area contributed by atoms with E-state index in [-0.39, 0.29) is 24.5 Å². The van der Waals surface area contributed by atoms with E-state index < -0.39 is 12.0 Å². The average Bonchev–Trinajstić information content (AvgIpc) is 2.56. The van der Waals surface area contributed by atoms with E-state index in [4.69, 9.17) is 4.74 Å². The van der Waals surface area contributed by atoms with Gasteiger partial charge in [-0.1, -0.05) is 24.3 Å². The fourth-order valence-corrected chi connectivity index (χ4v) is 2.24. The molecule has 2 aromatic rings. The van der Waals surface area contributed by atoms with E-state index in [1.807, 2.05) is 0 Å². The molecule has 0 aliphatic heterocycles. The number of ether oxygens (including phenoxy) is 1. The van der Waals surface area contributed by atoms with Crippen LogP contribution in [0.2, 0.25) is 0 Å². The molecule has 24 heavy (non-hydrogen) atoms. The van der Waals surface area contributed by atoms with E-state index in [9.17, 15) is 19.8 Å². The van der Waals surface area contributed by atoms with Gasteiger partial charge in [-0.25, -0.2) is 4.79 Å². The Kier molecular flexibility index (Phi) is 5.78. The quantitative estimate of drug-likeness (QED) is 0.719. The molecule has 0 spiro atoms. The third-order valence-corrected chi connectivity index (χ3v) is 3.53. The number of carboxylic acid groups (broad SMARTS) is 1. The molecule has 0 bridgehead atoms. The minimum atomic E-state index is -1.11. The smallest absolute Gasteiger partial charge is 0.326 e. The van der Waals surface area contributed by atoms with E-state index in [1.165, 1.54) is 12.1 Å². The zero-order valence-electron chi connectivity index (χ0n) is 13.2. The molecule has 0 radical (unpaired) electrons. The first-order valence-corrected chi connectivity index (χ1v) is 7.41. The summed E-state index contributed by atoms with van der Waals surface area (Å²) in [7, 11) is 1.56. The summed E-state index contributed by atoms with van der Waals surface area (Å²) >= 11 is 0. The summed E-state index contributed by atoms with van der Waals surface area (Å²) in [6, 6.07) is 12.2. The fourth-order valence-electron chi connectivity index (χ4n) is 2.24. The number of hydrogen-bond acceptors (Lipinski definition) is 4. The number of aromatic hydroxyl groups is 1. The topological polar surface area (TPSA) is 95.9 Å². The molecule has 6 nitrogen and oxygen atoms in total. The summed E-state index contributed by atoms with van der Waals surface area (Å²) in [6.07, 6.45) is 0.229. The first-order chi connectivity index (χ1) is 11.5. The van der Waals surface area contributed by atoms with Crippen molar-refractivity contribution < 1.29 is 24.5 Å². The molecular formula is C18H19NO5. The van der Waals surface area contributed by atoms with Gasteiger partial charge in [0, 0.05) is 6.42 Å². The summed E-state index contributed by atoms with van der Waals surface area (Å²) in [5.74, 6) is -0.679. The molecule has 1 unspecified atom stereocenters. The molecule has 1 amide bonds. The summed E-state index contributed by atoms with van der Waals surface area (Å²) < 4.78 is 5.05. The van der Waals surface area contributed by atoms with Gasteiger partial charge in [-0.05, 0) is 35.4 Å². The highest BCUT2D eigenvalue weighted by molar-refractivity contribution is 5.85. The maximum Gasteiger partial charge on any atom is 0.326 e. The lowest BCUT2D eigenvalue weighted by atomic mass is 10.1. The molecule has 3 N–H and O–H groups in total. The zero-order chi connectivity index (χ0) is 17.5. The Labute approximate surface area is 139 Å². The number of nitrogens with one attached hydrogen (secondary N) is 1. The fraction of sp³-hybridized carbons (Fsp3) is 0.222. The average molecular weight is 329 g/mol. The molecule has 0 heterocycles. The van der Waals surface area contributed by atoms with Crippen molar-refractivity contribution in [3.63, 3.8) is 0 Å². The molecular weight excluding hydrogens is 310 g/mol. The minimum Gasteiger partial charge on any atom is -0.508 e. The second-order valence-electron chi connectivity index (χ2n) is 5.35. The Hall–Kier alpha value is -3.02. The Morgan fingerprint density at radius 3 is 2.17 bits per heavy atom. The lowest BCUT2D eigenvalue weighted by Crippen LogP contribution is -2.43. The van der Waals surface area contributed by atoms with E-state index in [0.717, 1.165) is 5.56 Å². The van der Waals surface area contributed by atoms with Gasteiger partial charge in [0.15, 0.2) is 0 Å². The van der Waals surface area contributed by atoms with Crippen LogP contribution < -0.4 is 10.1 Å². The molecule has 0 fully saturated rings. The second kappa shape index (κ2) is 8.01. The molecule has 0 aliphatic rings. The van der Waals surface area contributed by atoms with Crippen molar-refractivity contribution in [2.24, 2.45) is 0 Å². The highest BCUT2D eigenvalue weighted by Crippen LogP contribution is 2.13. The van der Waals surface area contributed by atoms with Gasteiger partial charge in [-0.2, -0.15) is 0 Å². The Balaban J connectivity index is 1.97. The summed E-state index contributed by atoms with van der Waals surface area (Å²) in [5, 5.41) is 21.1. The third-order valence-electron chi connectivity index (χ3n) is 3.53. The number of carbonyl (C=O) groups is 2. The largest absolute Gasteiger partial charge is 0.508 e. The van der Waals surface area contributed by atoms with Gasteiger partial charge in [-0.3, -0.25) is 4.79 Å². The van der Waals surface area contributed by atoms with Crippen LogP contribution in [0.25, 0.3) is 0 Å². The van der Waals surface area contributed by atoms with Crippen LogP contribution in [0.3, 0.4) is 0 Å². The number of amides is 1. The summed E-state index contributed by atoms with van der Waals surface area (Å²) in [6.45, 7) is 0. The number of benzene rings is 2. The van der Waals surface area contributed by atoms with Crippen LogP contribution >= 0.6 is 0 Å². The van der Waals surface area contributed by atoms with Crippen molar-refractivity contribution in [1.29, 1.82) is 0 Å². The monoisotopic (exact) mass is 329 g/mol. The molecule has 126 valence electrons. The molecule has 0 saturated heterocycles. The molecule has 1 atom stereocenters. The normalized spacial score (nSPS) is 11.5. The molecule has 2 rings (SSSR count). The number of phenolic OH excluding ortho intramolecular Hbond substituents is 1. The molecule has 0 aromatic heterocycles. The van der Waals surface area contributed by atoms with Crippen molar-refractivity contribution in [1.82, 2.24) is 5.32 Å². The van der Waals surface area contributed by atoms with Gasteiger partial charge in [0.25, 0.3) is 0 Å². The predicted molar refractivity (Wildman–Crippen MR) is 88.1 cm³/mol. The second-order valence-corrected chi connectivity index (χ2v) is 5.35. The lowest BCUT2D eigenvalue weighted by molar-refractivity contribution is -0.141. The lowest BCUT2D eigenvalue weighted by Gasteiger charge is -2.15. The number of phenols is 1. The molecule has 2 aromatic carbocycles. The van der Waals surface area contributed by atoms with Crippen LogP contribution in [0.5, 0.6) is 11.5 Å². The van der Waals surface area contributed by atoms with E-state index >= 15 is 0 Å². The zero-order valence-corrected chi connectivity index (χ0v) is 13.2. The third kappa shape index (κ3) is 5.01. The highest BCUT2D eigenvalue weighted by atomic mass is 16.5. The van der Waals surface area contributed by atoms with Crippen molar-refractivity contribution in [3.8, 4) is 11.5 Å². The van der Waals surface area contributed by atoms with Crippen molar-refractivity contribution in [2.45, 2.75) is 18.9 Å². The maximum atomic E-state index is 12.1. The number of hydrogen-bond donors (Lipinski definition) is 3.